The first-order valence-electron chi connectivity index (χ1n) is 11.2. The van der Waals surface area contributed by atoms with Crippen molar-refractivity contribution in [1.29, 1.82) is 0 Å². The van der Waals surface area contributed by atoms with E-state index < -0.39 is 28.1 Å². The zero-order valence-electron chi connectivity index (χ0n) is 18.4. The summed E-state index contributed by atoms with van der Waals surface area (Å²) in [6.45, 7) is 0. The van der Waals surface area contributed by atoms with Crippen LogP contribution in [0.1, 0.15) is 27.4 Å². The van der Waals surface area contributed by atoms with Crippen molar-refractivity contribution in [2.75, 3.05) is 16.9 Å². The Morgan fingerprint density at radius 1 is 1.11 bits per heavy atom. The zero-order valence-corrected chi connectivity index (χ0v) is 19.2. The predicted octanol–water partition coefficient (Wildman–Crippen LogP) is 4.55. The molecule has 1 N–H and O–H groups in total. The lowest BCUT2D eigenvalue weighted by Crippen LogP contribution is -2.52. The van der Waals surface area contributed by atoms with Gasteiger partial charge in [-0.15, -0.1) is 11.8 Å². The van der Waals surface area contributed by atoms with Crippen LogP contribution in [-0.2, 0) is 10.3 Å². The van der Waals surface area contributed by atoms with Crippen LogP contribution in [0.2, 0.25) is 0 Å². The van der Waals surface area contributed by atoms with Crippen molar-refractivity contribution in [1.82, 2.24) is 4.90 Å². The first kappa shape index (κ1) is 21.9. The first-order valence-corrected chi connectivity index (χ1v) is 12.4. The van der Waals surface area contributed by atoms with E-state index in [4.69, 9.17) is 0 Å². The summed E-state index contributed by atoms with van der Waals surface area (Å²) in [7, 11) is 0. The lowest BCUT2D eigenvalue weighted by Gasteiger charge is -2.36. The molecule has 7 nitrogen and oxygen atoms in total. The minimum absolute atomic E-state index is 0.0453. The molecule has 9 heteroatoms. The van der Waals surface area contributed by atoms with Gasteiger partial charge in [-0.05, 0) is 23.8 Å². The van der Waals surface area contributed by atoms with Crippen LogP contribution >= 0.6 is 11.8 Å². The van der Waals surface area contributed by atoms with E-state index in [2.05, 4.69) is 5.32 Å². The van der Waals surface area contributed by atoms with Crippen LogP contribution in [0.25, 0.3) is 0 Å². The minimum atomic E-state index is -1.38. The van der Waals surface area contributed by atoms with Crippen LogP contribution in [0, 0.1) is 21.8 Å². The number of fused-ring (bicyclic) bond motifs is 4. The Hall–Kier alpha value is -3.56. The summed E-state index contributed by atoms with van der Waals surface area (Å²) < 4.78 is 14.5. The molecule has 35 heavy (non-hydrogen) atoms. The average molecular weight is 490 g/mol. The number of nitro groups is 1. The van der Waals surface area contributed by atoms with Gasteiger partial charge in [-0.2, -0.15) is 0 Å². The SMILES string of the molecule is O=C(c1ccccc1)[C@@H]1[C@H](c2ccc([N+](=O)[O-])cc2)[C@@H]2CSCN2[C@]12C(=O)Nc1ccc(F)cc12. The number of hydrogen-bond acceptors (Lipinski definition) is 6. The number of Topliss-reactive ketones (excluding diaryl/α,β-unsaturated/α-hetero) is 1. The number of nitrogens with zero attached hydrogens (tertiary/aromatic N) is 2. The van der Waals surface area contributed by atoms with Crippen LogP contribution in [0.4, 0.5) is 15.8 Å². The molecule has 1 amide bonds. The van der Waals surface area contributed by atoms with E-state index in [9.17, 15) is 24.1 Å². The van der Waals surface area contributed by atoms with Crippen molar-refractivity contribution in [3.63, 3.8) is 0 Å². The molecule has 3 aliphatic heterocycles. The van der Waals surface area contributed by atoms with Crippen molar-refractivity contribution < 1.29 is 18.9 Å². The summed E-state index contributed by atoms with van der Waals surface area (Å²) in [4.78, 5) is 40.9. The molecule has 0 bridgehead atoms. The number of carbonyl (C=O) groups excluding carboxylic acids is 2. The fourth-order valence-electron chi connectivity index (χ4n) is 6.02. The van der Waals surface area contributed by atoms with Crippen LogP contribution in [0.3, 0.4) is 0 Å². The second-order valence-electron chi connectivity index (χ2n) is 9.03. The van der Waals surface area contributed by atoms with Crippen LogP contribution in [-0.4, -0.2) is 39.2 Å². The standard InChI is InChI=1S/C26H20FN3O4S/c27-17-8-11-20-19(12-17)26(25(32)28-20)23(24(31)16-4-2-1-3-5-16)22(21-13-35-14-29(21)26)15-6-9-18(10-7-15)30(33)34/h1-12,21-23H,13-14H2,(H,28,32)/t21-,22+,23-,26-/m0/s1. The summed E-state index contributed by atoms with van der Waals surface area (Å²) in [5.41, 5.74) is 0.754. The maximum Gasteiger partial charge on any atom is 0.269 e. The summed E-state index contributed by atoms with van der Waals surface area (Å²) in [6, 6.07) is 19.0. The third kappa shape index (κ3) is 3.08. The maximum absolute atomic E-state index is 14.5. The van der Waals surface area contributed by atoms with E-state index in [1.807, 2.05) is 11.0 Å². The fraction of sp³-hybridized carbons (Fsp3) is 0.231. The number of non-ortho nitro benzene ring substituents is 1. The molecule has 0 saturated carbocycles. The van der Waals surface area contributed by atoms with Gasteiger partial charge in [0.2, 0.25) is 5.91 Å². The fourth-order valence-corrected chi connectivity index (χ4v) is 7.35. The first-order chi connectivity index (χ1) is 16.9. The average Bonchev–Trinajstić information content (AvgIpc) is 3.53. The minimum Gasteiger partial charge on any atom is -0.324 e. The molecule has 1 spiro atoms. The van der Waals surface area contributed by atoms with E-state index in [-0.39, 0.29) is 23.4 Å². The topological polar surface area (TPSA) is 92.5 Å². The third-order valence-corrected chi connectivity index (χ3v) is 8.45. The molecule has 2 saturated heterocycles. The number of rotatable bonds is 4. The number of amides is 1. The van der Waals surface area contributed by atoms with Gasteiger partial charge in [-0.3, -0.25) is 24.6 Å². The highest BCUT2D eigenvalue weighted by Crippen LogP contribution is 2.61. The van der Waals surface area contributed by atoms with E-state index in [1.54, 1.807) is 54.2 Å². The molecule has 176 valence electrons. The normalized spacial score (nSPS) is 27.0. The molecule has 0 aliphatic carbocycles. The van der Waals surface area contributed by atoms with Gasteiger partial charge >= 0.3 is 0 Å². The number of benzene rings is 3. The van der Waals surface area contributed by atoms with Gasteiger partial charge in [-0.1, -0.05) is 42.5 Å². The molecule has 6 rings (SSSR count). The Balaban J connectivity index is 1.60. The number of thioether (sulfide) groups is 1. The van der Waals surface area contributed by atoms with E-state index in [1.165, 1.54) is 24.3 Å². The van der Waals surface area contributed by atoms with Crippen molar-refractivity contribution in [3.05, 3.63) is 105 Å². The van der Waals surface area contributed by atoms with Gasteiger partial charge < -0.3 is 5.32 Å². The molecule has 2 fully saturated rings. The molecular formula is C26H20FN3O4S. The largest absolute Gasteiger partial charge is 0.324 e. The predicted molar refractivity (Wildman–Crippen MR) is 130 cm³/mol. The van der Waals surface area contributed by atoms with Gasteiger partial charge in [0.15, 0.2) is 5.78 Å². The molecule has 4 atom stereocenters. The van der Waals surface area contributed by atoms with Crippen LogP contribution in [0.15, 0.2) is 72.8 Å². The Morgan fingerprint density at radius 3 is 2.57 bits per heavy atom. The van der Waals surface area contributed by atoms with Gasteiger partial charge in [-0.25, -0.2) is 4.39 Å². The lowest BCUT2D eigenvalue weighted by atomic mass is 9.69. The van der Waals surface area contributed by atoms with E-state index in [0.717, 1.165) is 5.56 Å². The number of carbonyl (C=O) groups is 2. The van der Waals surface area contributed by atoms with Gasteiger partial charge in [0.05, 0.1) is 10.8 Å². The Morgan fingerprint density at radius 2 is 1.86 bits per heavy atom. The molecule has 3 aromatic carbocycles. The number of hydrogen-bond donors (Lipinski definition) is 1. The third-order valence-electron chi connectivity index (χ3n) is 7.41. The van der Waals surface area contributed by atoms with Gasteiger partial charge in [0.1, 0.15) is 11.4 Å². The number of ketones is 1. The molecule has 0 aromatic heterocycles. The van der Waals surface area contributed by atoms with Crippen LogP contribution in [0.5, 0.6) is 0 Å². The second kappa shape index (κ2) is 8.00. The molecule has 3 heterocycles. The van der Waals surface area contributed by atoms with E-state index >= 15 is 0 Å². The molecule has 0 unspecified atom stereocenters. The van der Waals surface area contributed by atoms with Crippen molar-refractivity contribution in [2.45, 2.75) is 17.5 Å². The summed E-state index contributed by atoms with van der Waals surface area (Å²) in [5.74, 6) is -1.10. The number of nitro benzene ring substituents is 1. The van der Waals surface area contributed by atoms with Crippen molar-refractivity contribution in [3.8, 4) is 0 Å². The Kier molecular flexibility index (Phi) is 5.01. The number of nitrogens with one attached hydrogen (secondary N) is 1. The monoisotopic (exact) mass is 489 g/mol. The lowest BCUT2D eigenvalue weighted by molar-refractivity contribution is -0.384. The maximum atomic E-state index is 14.5. The molecule has 0 radical (unpaired) electrons. The number of anilines is 1. The van der Waals surface area contributed by atoms with Gasteiger partial charge in [0, 0.05) is 52.5 Å². The molecular weight excluding hydrogens is 469 g/mol. The smallest absolute Gasteiger partial charge is 0.269 e. The Labute approximate surface area is 204 Å². The number of halogens is 1. The molecule has 3 aliphatic rings. The summed E-state index contributed by atoms with van der Waals surface area (Å²) >= 11 is 1.66. The quantitative estimate of drug-likeness (QED) is 0.328. The second-order valence-corrected chi connectivity index (χ2v) is 10.0. The van der Waals surface area contributed by atoms with Crippen LogP contribution < -0.4 is 5.32 Å². The highest BCUT2D eigenvalue weighted by atomic mass is 32.2. The summed E-state index contributed by atoms with van der Waals surface area (Å²) in [5, 5.41) is 14.1. The summed E-state index contributed by atoms with van der Waals surface area (Å²) in [6.07, 6.45) is 0. The molecule has 3 aromatic rings. The van der Waals surface area contributed by atoms with Crippen molar-refractivity contribution >= 4 is 34.8 Å². The zero-order chi connectivity index (χ0) is 24.3. The highest BCUT2D eigenvalue weighted by Gasteiger charge is 2.69. The Bertz CT molecular complexity index is 1370. The highest BCUT2D eigenvalue weighted by molar-refractivity contribution is 7.99. The van der Waals surface area contributed by atoms with E-state index in [0.29, 0.717) is 28.4 Å². The van der Waals surface area contributed by atoms with Crippen molar-refractivity contribution in [2.24, 2.45) is 5.92 Å². The van der Waals surface area contributed by atoms with Gasteiger partial charge in [0.25, 0.3) is 5.69 Å².